The number of aliphatic hydroxyl groups is 1. The molecule has 0 aliphatic carbocycles. The normalized spacial score (nSPS) is 11.3. The van der Waals surface area contributed by atoms with Crippen LogP contribution in [0, 0.1) is 0 Å². The van der Waals surface area contributed by atoms with Gasteiger partial charge in [0.05, 0.1) is 6.61 Å². The number of rotatable bonds is 4. The molecule has 0 aromatic heterocycles. The van der Waals surface area contributed by atoms with Gasteiger partial charge in [-0.3, -0.25) is 0 Å². The van der Waals surface area contributed by atoms with Gasteiger partial charge in [0, 0.05) is 6.42 Å². The second kappa shape index (κ2) is 8.28. The number of hydrogen-bond acceptors (Lipinski definition) is 5. The van der Waals surface area contributed by atoms with Crippen molar-refractivity contribution in [3.05, 3.63) is 30.3 Å². The average molecular weight is 330 g/mol. The fourth-order valence-electron chi connectivity index (χ4n) is 0.823. The quantitative estimate of drug-likeness (QED) is 0.506. The molecule has 0 heterocycles. The number of halogens is 3. The Hall–Kier alpha value is -1.06. The summed E-state index contributed by atoms with van der Waals surface area (Å²) >= 11 is 7.68. The summed E-state index contributed by atoms with van der Waals surface area (Å²) in [4.78, 5) is 8.90. The number of benzene rings is 1. The molecule has 0 saturated carbocycles. The molecule has 0 radical (unpaired) electrons. The summed E-state index contributed by atoms with van der Waals surface area (Å²) < 4.78 is 35.8. The number of alkyl halides is 3. The van der Waals surface area contributed by atoms with Gasteiger partial charge in [-0.05, 0) is 12.1 Å². The zero-order chi connectivity index (χ0) is 15.8. The Morgan fingerprint density at radius 3 is 2.00 bits per heavy atom. The van der Waals surface area contributed by atoms with Crippen LogP contribution in [0.5, 0.6) is 5.75 Å². The van der Waals surface area contributed by atoms with Crippen molar-refractivity contribution < 1.29 is 32.9 Å². The van der Waals surface area contributed by atoms with Gasteiger partial charge in [0.1, 0.15) is 5.75 Å². The lowest BCUT2D eigenvalue weighted by Crippen LogP contribution is -2.21. The van der Waals surface area contributed by atoms with E-state index >= 15 is 0 Å². The molecule has 0 unspecified atom stereocenters. The van der Waals surface area contributed by atoms with Crippen molar-refractivity contribution in [3.8, 4) is 5.75 Å². The van der Waals surface area contributed by atoms with Crippen LogP contribution in [-0.2, 0) is 4.79 Å². The first kappa shape index (κ1) is 18.9. The second-order valence-corrected chi connectivity index (χ2v) is 5.32. The van der Waals surface area contributed by atoms with Crippen LogP contribution < -0.4 is 4.74 Å². The Bertz CT molecular complexity index is 404. The van der Waals surface area contributed by atoms with Crippen LogP contribution in [0.1, 0.15) is 6.42 Å². The molecule has 9 heteroatoms. The predicted octanol–water partition coefficient (Wildman–Crippen LogP) is 2.59. The molecule has 0 aliphatic rings. The van der Waals surface area contributed by atoms with E-state index in [-0.39, 0.29) is 0 Å². The largest absolute Gasteiger partial charge is 0.493 e. The van der Waals surface area contributed by atoms with Crippen molar-refractivity contribution in [2.24, 2.45) is 0 Å². The molecule has 0 amide bonds. The van der Waals surface area contributed by atoms with Gasteiger partial charge >= 0.3 is 12.1 Å². The number of ether oxygens (including phenoxy) is 1. The summed E-state index contributed by atoms with van der Waals surface area (Å²) in [7, 11) is 0. The highest BCUT2D eigenvalue weighted by Crippen LogP contribution is 2.20. The minimum absolute atomic E-state index is 0.369. The lowest BCUT2D eigenvalue weighted by atomic mass is 10.3. The van der Waals surface area contributed by atoms with Crippen LogP contribution in [0.15, 0.2) is 30.3 Å². The van der Waals surface area contributed by atoms with Crippen molar-refractivity contribution in [2.45, 2.75) is 16.9 Å². The van der Waals surface area contributed by atoms with Gasteiger partial charge in [0.2, 0.25) is 0 Å². The number of hydrogen-bond donors (Lipinski definition) is 4. The predicted molar refractivity (Wildman–Crippen MR) is 73.2 cm³/mol. The van der Waals surface area contributed by atoms with Crippen LogP contribution in [0.2, 0.25) is 0 Å². The van der Waals surface area contributed by atoms with Gasteiger partial charge in [-0.15, -0.1) is 25.3 Å². The van der Waals surface area contributed by atoms with Crippen molar-refractivity contribution >= 4 is 31.2 Å². The maximum absolute atomic E-state index is 10.6. The summed E-state index contributed by atoms with van der Waals surface area (Å²) in [6, 6.07) is 9.42. The molecule has 2 N–H and O–H groups in total. The first-order chi connectivity index (χ1) is 9.02. The minimum Gasteiger partial charge on any atom is -0.493 e. The van der Waals surface area contributed by atoms with Crippen molar-refractivity contribution in [3.63, 3.8) is 0 Å². The maximum atomic E-state index is 10.6. The standard InChI is InChI=1S/C9H12O2S2.C2HF3O2/c10-9(12,13)6-7-11-8-4-2-1-3-5-8;3-2(4,5)1(6)7/h1-5,10,12-13H,6-7H2;(H,6,7). The molecule has 4 nitrogen and oxygen atoms in total. The van der Waals surface area contributed by atoms with E-state index in [1.54, 1.807) is 0 Å². The number of para-hydroxylation sites is 1. The topological polar surface area (TPSA) is 66.8 Å². The molecular formula is C11H13F3O4S2. The van der Waals surface area contributed by atoms with Gasteiger partial charge in [0.15, 0.2) is 4.27 Å². The number of aliphatic carboxylic acids is 1. The van der Waals surface area contributed by atoms with Crippen molar-refractivity contribution in [1.29, 1.82) is 0 Å². The van der Waals surface area contributed by atoms with Crippen LogP contribution >= 0.6 is 25.3 Å². The van der Waals surface area contributed by atoms with Gasteiger partial charge in [-0.1, -0.05) is 18.2 Å². The van der Waals surface area contributed by atoms with Crippen molar-refractivity contribution in [2.75, 3.05) is 6.61 Å². The Balaban J connectivity index is 0.000000441. The first-order valence-corrected chi connectivity index (χ1v) is 6.07. The van der Waals surface area contributed by atoms with Gasteiger partial charge in [0.25, 0.3) is 0 Å². The first-order valence-electron chi connectivity index (χ1n) is 5.17. The lowest BCUT2D eigenvalue weighted by molar-refractivity contribution is -0.192. The van der Waals surface area contributed by atoms with Gasteiger partial charge < -0.3 is 14.9 Å². The summed E-state index contributed by atoms with van der Waals surface area (Å²) in [5.74, 6) is -1.97. The number of carbonyl (C=O) groups is 1. The molecule has 114 valence electrons. The monoisotopic (exact) mass is 330 g/mol. The third-order valence-electron chi connectivity index (χ3n) is 1.69. The van der Waals surface area contributed by atoms with Crippen LogP contribution in [-0.4, -0.2) is 33.2 Å². The molecule has 1 rings (SSSR count). The van der Waals surface area contributed by atoms with E-state index in [1.807, 2.05) is 30.3 Å². The molecule has 0 aliphatic heterocycles. The number of carboxylic acids is 1. The Labute approximate surface area is 124 Å². The number of carboxylic acid groups (broad SMARTS) is 1. The molecule has 20 heavy (non-hydrogen) atoms. The fraction of sp³-hybridized carbons (Fsp3) is 0.364. The highest BCUT2D eigenvalue weighted by Gasteiger charge is 2.38. The minimum atomic E-state index is -5.08. The smallest absolute Gasteiger partial charge is 0.490 e. The molecule has 1 aromatic rings. The van der Waals surface area contributed by atoms with E-state index < -0.39 is 16.4 Å². The van der Waals surface area contributed by atoms with Gasteiger partial charge in [-0.25, -0.2) is 4.79 Å². The third kappa shape index (κ3) is 10.8. The summed E-state index contributed by atoms with van der Waals surface area (Å²) in [5, 5.41) is 16.3. The second-order valence-electron chi connectivity index (χ2n) is 3.49. The van der Waals surface area contributed by atoms with Gasteiger partial charge in [-0.2, -0.15) is 13.2 Å². The number of thiol groups is 2. The van der Waals surface area contributed by atoms with E-state index in [9.17, 15) is 13.2 Å². The molecule has 0 bridgehead atoms. The molecule has 0 fully saturated rings. The van der Waals surface area contributed by atoms with E-state index in [2.05, 4.69) is 25.3 Å². The van der Waals surface area contributed by atoms with Crippen LogP contribution in [0.25, 0.3) is 0 Å². The van der Waals surface area contributed by atoms with E-state index in [4.69, 9.17) is 19.7 Å². The molecule has 1 aromatic carbocycles. The van der Waals surface area contributed by atoms with E-state index in [0.29, 0.717) is 13.0 Å². The average Bonchev–Trinajstić information content (AvgIpc) is 2.28. The maximum Gasteiger partial charge on any atom is 0.490 e. The zero-order valence-corrected chi connectivity index (χ0v) is 11.8. The summed E-state index contributed by atoms with van der Waals surface area (Å²) in [6.45, 7) is 0.396. The van der Waals surface area contributed by atoms with Crippen LogP contribution in [0.4, 0.5) is 13.2 Å². The van der Waals surface area contributed by atoms with Crippen LogP contribution in [0.3, 0.4) is 0 Å². The fourth-order valence-corrected chi connectivity index (χ4v) is 1.01. The Morgan fingerprint density at radius 2 is 1.65 bits per heavy atom. The third-order valence-corrected chi connectivity index (χ3v) is 2.14. The SMILES string of the molecule is O=C(O)C(F)(F)F.OC(S)(S)CCOc1ccccc1. The highest BCUT2D eigenvalue weighted by molar-refractivity contribution is 8.00. The molecule has 0 atom stereocenters. The lowest BCUT2D eigenvalue weighted by Gasteiger charge is -2.14. The Kier molecular flexibility index (Phi) is 7.84. The summed E-state index contributed by atoms with van der Waals surface area (Å²) in [5.41, 5.74) is 0. The molecule has 0 spiro atoms. The zero-order valence-electron chi connectivity index (χ0n) is 10.0. The highest BCUT2D eigenvalue weighted by atomic mass is 32.2. The van der Waals surface area contributed by atoms with E-state index in [1.165, 1.54) is 0 Å². The Morgan fingerprint density at radius 1 is 1.20 bits per heavy atom. The van der Waals surface area contributed by atoms with Crippen molar-refractivity contribution in [1.82, 2.24) is 0 Å². The molecule has 0 saturated heterocycles. The summed E-state index contributed by atoms with van der Waals surface area (Å²) in [6.07, 6.45) is -4.71. The molecular weight excluding hydrogens is 317 g/mol. The van der Waals surface area contributed by atoms with E-state index in [0.717, 1.165) is 5.75 Å².